The van der Waals surface area contributed by atoms with Gasteiger partial charge in [-0.1, -0.05) is 12.2 Å². The van der Waals surface area contributed by atoms with Crippen LogP contribution in [0.4, 0.5) is 0 Å². The molecule has 1 heteroatoms. The van der Waals surface area contributed by atoms with E-state index in [0.29, 0.717) is 0 Å². The first kappa shape index (κ1) is 7.43. The predicted molar refractivity (Wildman–Crippen MR) is 27.6 cm³/mol. The maximum absolute atomic E-state index is 2.27. The molecule has 0 unspecified atom stereocenters. The molecule has 0 aromatic carbocycles. The maximum atomic E-state index is 2.27. The summed E-state index contributed by atoms with van der Waals surface area (Å²) in [6.07, 6.45) is 10.0. The van der Waals surface area contributed by atoms with Gasteiger partial charge in [-0.25, -0.2) is 0 Å². The Bertz CT molecular complexity index is 49.2. The summed E-state index contributed by atoms with van der Waals surface area (Å²) < 4.78 is 0. The van der Waals surface area contributed by atoms with Crippen molar-refractivity contribution >= 4 is 0 Å². The van der Waals surface area contributed by atoms with Gasteiger partial charge in [0.15, 0.2) is 0 Å². The molecule has 1 aliphatic carbocycles. The van der Waals surface area contributed by atoms with Crippen LogP contribution in [0.5, 0.6) is 0 Å². The zero-order chi connectivity index (χ0) is 4.24. The van der Waals surface area contributed by atoms with Crippen molar-refractivity contribution in [3.05, 3.63) is 12.2 Å². The van der Waals surface area contributed by atoms with E-state index in [2.05, 4.69) is 12.2 Å². The fraction of sp³-hybridized carbons (Fsp3) is 0.667. The fourth-order valence-electron chi connectivity index (χ4n) is 0.760. The van der Waals surface area contributed by atoms with Gasteiger partial charge in [-0.3, -0.25) is 0 Å². The first-order valence-electron chi connectivity index (χ1n) is 2.65. The molecule has 1 aliphatic rings. The van der Waals surface area contributed by atoms with Gasteiger partial charge >= 0.3 is 0 Å². The Morgan fingerprint density at radius 3 is 1.43 bits per heavy atom. The first-order chi connectivity index (χ1) is 3.00. The van der Waals surface area contributed by atoms with Crippen molar-refractivity contribution < 1.29 is 21.1 Å². The largest absolute Gasteiger partial charge is 0.0885 e. The third kappa shape index (κ3) is 3.05. The van der Waals surface area contributed by atoms with E-state index in [4.69, 9.17) is 0 Å². The minimum atomic E-state index is 0. The monoisotopic (exact) mass is 266 g/mol. The van der Waals surface area contributed by atoms with E-state index in [9.17, 15) is 0 Å². The topological polar surface area (TPSA) is 0 Å². The van der Waals surface area contributed by atoms with Crippen LogP contribution < -0.4 is 0 Å². The second-order valence-corrected chi connectivity index (χ2v) is 1.76. The van der Waals surface area contributed by atoms with Gasteiger partial charge in [-0.05, 0) is 25.7 Å². The van der Waals surface area contributed by atoms with Gasteiger partial charge in [-0.2, -0.15) is 0 Å². The molecule has 40 valence electrons. The summed E-state index contributed by atoms with van der Waals surface area (Å²) in [6, 6.07) is 0. The van der Waals surface area contributed by atoms with Crippen molar-refractivity contribution in [3.63, 3.8) is 0 Å². The van der Waals surface area contributed by atoms with E-state index in [1.54, 1.807) is 0 Å². The van der Waals surface area contributed by atoms with Crippen molar-refractivity contribution in [1.82, 2.24) is 0 Å². The van der Waals surface area contributed by atoms with Crippen LogP contribution in [0.25, 0.3) is 0 Å². The number of hydrogen-bond donors (Lipinski definition) is 0. The molecule has 0 aromatic heterocycles. The maximum Gasteiger partial charge on any atom is 0 e. The summed E-state index contributed by atoms with van der Waals surface area (Å²) in [6.45, 7) is 0. The fourth-order valence-corrected chi connectivity index (χ4v) is 0.760. The average Bonchev–Trinajstić information content (AvgIpc) is 1.72. The molecule has 0 nitrogen and oxygen atoms in total. The minimum absolute atomic E-state index is 0. The predicted octanol–water partition coefficient (Wildman–Crippen LogP) is 2.11. The molecule has 0 saturated heterocycles. The zero-order valence-electron chi connectivity index (χ0n) is 4.39. The molecule has 0 heterocycles. The number of hydrogen-bond acceptors (Lipinski definition) is 0. The summed E-state index contributed by atoms with van der Waals surface area (Å²) in [7, 11) is 0. The minimum Gasteiger partial charge on any atom is -0.0885 e. The summed E-state index contributed by atoms with van der Waals surface area (Å²) >= 11 is 0. The van der Waals surface area contributed by atoms with Crippen LogP contribution >= 0.6 is 0 Å². The average molecular weight is 266 g/mol. The van der Waals surface area contributed by atoms with Gasteiger partial charge in [0.1, 0.15) is 0 Å². The summed E-state index contributed by atoms with van der Waals surface area (Å²) in [5, 5.41) is 0. The van der Waals surface area contributed by atoms with Crippen LogP contribution in [-0.2, 0) is 21.1 Å². The third-order valence-corrected chi connectivity index (χ3v) is 1.16. The van der Waals surface area contributed by atoms with Crippen LogP contribution in [0, 0.1) is 0 Å². The Morgan fingerprint density at radius 2 is 1.29 bits per heavy atom. The number of allylic oxidation sites excluding steroid dienone is 2. The van der Waals surface area contributed by atoms with Crippen molar-refractivity contribution in [1.29, 1.82) is 0 Å². The first-order valence-corrected chi connectivity index (χ1v) is 2.65. The summed E-state index contributed by atoms with van der Waals surface area (Å²) in [5.41, 5.74) is 0. The summed E-state index contributed by atoms with van der Waals surface area (Å²) in [5.74, 6) is 0. The molecular formula is C6H10W. The Morgan fingerprint density at radius 1 is 0.857 bits per heavy atom. The van der Waals surface area contributed by atoms with E-state index in [-0.39, 0.29) is 21.1 Å². The van der Waals surface area contributed by atoms with Gasteiger partial charge in [0.25, 0.3) is 0 Å². The van der Waals surface area contributed by atoms with Gasteiger partial charge in [0, 0.05) is 21.1 Å². The van der Waals surface area contributed by atoms with E-state index < -0.39 is 0 Å². The standard InChI is InChI=1S/C6H10.W/c1-2-4-6-5-3-1;/h1-2H,3-6H2;. The van der Waals surface area contributed by atoms with Gasteiger partial charge in [-0.15, -0.1) is 0 Å². The van der Waals surface area contributed by atoms with E-state index >= 15 is 0 Å². The van der Waals surface area contributed by atoms with Gasteiger partial charge < -0.3 is 0 Å². The van der Waals surface area contributed by atoms with Crippen molar-refractivity contribution in [2.45, 2.75) is 25.7 Å². The Kier molecular flexibility index (Phi) is 4.86. The summed E-state index contributed by atoms with van der Waals surface area (Å²) in [4.78, 5) is 0. The molecule has 0 N–H and O–H groups in total. The molecule has 0 bridgehead atoms. The van der Waals surface area contributed by atoms with Crippen LogP contribution in [0.3, 0.4) is 0 Å². The van der Waals surface area contributed by atoms with Crippen molar-refractivity contribution in [3.8, 4) is 0 Å². The second-order valence-electron chi connectivity index (χ2n) is 1.76. The Balaban J connectivity index is 0.000000360. The smallest absolute Gasteiger partial charge is 0 e. The van der Waals surface area contributed by atoms with Crippen LogP contribution in [0.1, 0.15) is 25.7 Å². The normalized spacial score (nSPS) is 18.3. The second kappa shape index (κ2) is 4.58. The van der Waals surface area contributed by atoms with Gasteiger partial charge in [0.2, 0.25) is 0 Å². The molecule has 1 rings (SSSR count). The molecule has 7 heavy (non-hydrogen) atoms. The molecule has 0 atom stereocenters. The van der Waals surface area contributed by atoms with Gasteiger partial charge in [0.05, 0.1) is 0 Å². The molecule has 0 saturated carbocycles. The van der Waals surface area contributed by atoms with Crippen molar-refractivity contribution in [2.75, 3.05) is 0 Å². The Hall–Kier alpha value is 0.428. The molecule has 0 amide bonds. The molecule has 0 aromatic rings. The number of rotatable bonds is 0. The van der Waals surface area contributed by atoms with E-state index in [1.165, 1.54) is 25.7 Å². The molecule has 0 spiro atoms. The third-order valence-electron chi connectivity index (χ3n) is 1.16. The molecule has 0 fully saturated rings. The Labute approximate surface area is 59.3 Å². The van der Waals surface area contributed by atoms with Crippen molar-refractivity contribution in [2.24, 2.45) is 0 Å². The van der Waals surface area contributed by atoms with Crippen LogP contribution in [-0.4, -0.2) is 0 Å². The molecular weight excluding hydrogens is 256 g/mol. The van der Waals surface area contributed by atoms with E-state index in [0.717, 1.165) is 0 Å². The quantitative estimate of drug-likeness (QED) is 0.589. The molecule has 0 radical (unpaired) electrons. The molecule has 0 aliphatic heterocycles. The zero-order valence-corrected chi connectivity index (χ0v) is 7.32. The van der Waals surface area contributed by atoms with Crippen LogP contribution in [0.15, 0.2) is 12.2 Å². The van der Waals surface area contributed by atoms with Crippen LogP contribution in [0.2, 0.25) is 0 Å². The van der Waals surface area contributed by atoms with E-state index in [1.807, 2.05) is 0 Å². The SMILES string of the molecule is C1=CCCCC1.[W].